The molecule has 0 bridgehead atoms. The molecule has 0 unspecified atom stereocenters. The molecule has 35 heavy (non-hydrogen) atoms. The van der Waals surface area contributed by atoms with Crippen LogP contribution in [0.5, 0.6) is 5.75 Å². The normalized spacial score (nSPS) is 14.4. The third-order valence-electron chi connectivity index (χ3n) is 6.31. The number of hydrogen-bond donors (Lipinski definition) is 0. The molecular weight excluding hydrogens is 467 g/mol. The fourth-order valence-electron chi connectivity index (χ4n) is 4.43. The molecule has 8 heteroatoms. The van der Waals surface area contributed by atoms with E-state index in [1.54, 1.807) is 0 Å². The van der Waals surface area contributed by atoms with Crippen molar-refractivity contribution < 1.29 is 13.9 Å². The first-order valence-corrected chi connectivity index (χ1v) is 12.0. The average Bonchev–Trinajstić information content (AvgIpc) is 3.21. The Labute approximate surface area is 208 Å². The summed E-state index contributed by atoms with van der Waals surface area (Å²) in [5, 5.41) is 0.676. The summed E-state index contributed by atoms with van der Waals surface area (Å²) in [6, 6.07) is 20.6. The van der Waals surface area contributed by atoms with Crippen molar-refractivity contribution in [3.63, 3.8) is 0 Å². The lowest BCUT2D eigenvalue weighted by molar-refractivity contribution is -0.108. The van der Waals surface area contributed by atoms with Crippen molar-refractivity contribution in [2.75, 3.05) is 37.6 Å². The van der Waals surface area contributed by atoms with Crippen LogP contribution in [0.1, 0.15) is 11.4 Å². The van der Waals surface area contributed by atoms with Crippen molar-refractivity contribution in [1.29, 1.82) is 0 Å². The van der Waals surface area contributed by atoms with Crippen LogP contribution in [0.3, 0.4) is 0 Å². The minimum Gasteiger partial charge on any atom is -0.486 e. The number of anilines is 1. The number of aromatic nitrogens is 2. The third-order valence-corrected chi connectivity index (χ3v) is 6.56. The predicted molar refractivity (Wildman–Crippen MR) is 136 cm³/mol. The quantitative estimate of drug-likeness (QED) is 0.331. The van der Waals surface area contributed by atoms with Crippen molar-refractivity contribution in [2.24, 2.45) is 0 Å². The van der Waals surface area contributed by atoms with Gasteiger partial charge in [-0.3, -0.25) is 4.90 Å². The molecule has 1 saturated heterocycles. The van der Waals surface area contributed by atoms with Gasteiger partial charge in [0.1, 0.15) is 30.3 Å². The van der Waals surface area contributed by atoms with Crippen molar-refractivity contribution in [2.45, 2.75) is 13.2 Å². The highest BCUT2D eigenvalue weighted by Crippen LogP contribution is 2.29. The third kappa shape index (κ3) is 5.31. The summed E-state index contributed by atoms with van der Waals surface area (Å²) < 4.78 is 23.3. The average molecular weight is 493 g/mol. The van der Waals surface area contributed by atoms with E-state index in [2.05, 4.69) is 9.47 Å². The summed E-state index contributed by atoms with van der Waals surface area (Å²) in [5.74, 6) is 1.16. The lowest BCUT2D eigenvalue weighted by Crippen LogP contribution is -2.47. The van der Waals surface area contributed by atoms with Gasteiger partial charge in [0.15, 0.2) is 0 Å². The topological polar surface area (TPSA) is 50.6 Å². The van der Waals surface area contributed by atoms with Gasteiger partial charge in [-0.05, 0) is 35.9 Å². The van der Waals surface area contributed by atoms with Gasteiger partial charge >= 0.3 is 0 Å². The smallest absolute Gasteiger partial charge is 0.148 e. The second-order valence-corrected chi connectivity index (χ2v) is 9.03. The summed E-state index contributed by atoms with van der Waals surface area (Å²) in [5.41, 5.74) is 3.05. The number of aldehydes is 1. The lowest BCUT2D eigenvalue weighted by Gasteiger charge is -2.35. The molecule has 0 saturated carbocycles. The van der Waals surface area contributed by atoms with E-state index < -0.39 is 0 Å². The fourth-order valence-corrected chi connectivity index (χ4v) is 4.55. The Morgan fingerprint density at radius 3 is 2.46 bits per heavy atom. The van der Waals surface area contributed by atoms with Crippen LogP contribution >= 0.6 is 11.6 Å². The number of halogens is 2. The molecular formula is C27H26ClFN4O2. The number of ether oxygens (including phenoxy) is 1. The summed E-state index contributed by atoms with van der Waals surface area (Å²) in [6.07, 6.45) is 0.913. The van der Waals surface area contributed by atoms with Gasteiger partial charge in [-0.25, -0.2) is 9.37 Å². The maximum absolute atomic E-state index is 15.2. The first kappa shape index (κ1) is 23.3. The molecule has 0 radical (unpaired) electrons. The summed E-state index contributed by atoms with van der Waals surface area (Å²) >= 11 is 6.08. The minimum atomic E-state index is -0.298. The van der Waals surface area contributed by atoms with Crippen LogP contribution in [-0.2, 0) is 17.9 Å². The zero-order valence-corrected chi connectivity index (χ0v) is 20.0. The van der Waals surface area contributed by atoms with Gasteiger partial charge in [-0.2, -0.15) is 0 Å². The van der Waals surface area contributed by atoms with E-state index >= 15 is 4.39 Å². The molecule has 0 N–H and O–H groups in total. The SMILES string of the molecule is O=CCN1CCN(c2cc3c(cc2F)nc(COc2ccccc2)n3Cc2ccc(Cl)cc2)CC1. The molecule has 0 aliphatic carbocycles. The number of fused-ring (bicyclic) bond motifs is 1. The van der Waals surface area contributed by atoms with Gasteiger partial charge < -0.3 is 19.0 Å². The number of benzene rings is 3. The molecule has 0 atom stereocenters. The largest absolute Gasteiger partial charge is 0.486 e. The number of carbonyl (C=O) groups excluding carboxylic acids is 1. The molecule has 3 aromatic carbocycles. The van der Waals surface area contributed by atoms with E-state index in [1.807, 2.05) is 65.6 Å². The summed E-state index contributed by atoms with van der Waals surface area (Å²) in [4.78, 5) is 19.7. The number of hydrogen-bond acceptors (Lipinski definition) is 5. The van der Waals surface area contributed by atoms with E-state index in [0.717, 1.165) is 36.2 Å². The first-order valence-electron chi connectivity index (χ1n) is 11.6. The Kier molecular flexibility index (Phi) is 6.97. The number of nitrogens with zero attached hydrogens (tertiary/aromatic N) is 4. The van der Waals surface area contributed by atoms with E-state index in [4.69, 9.17) is 21.3 Å². The monoisotopic (exact) mass is 492 g/mol. The number of carbonyl (C=O) groups is 1. The van der Waals surface area contributed by atoms with Crippen LogP contribution in [0.4, 0.5) is 10.1 Å². The van der Waals surface area contributed by atoms with Crippen molar-refractivity contribution in [1.82, 2.24) is 14.5 Å². The molecule has 4 aromatic rings. The molecule has 0 spiro atoms. The fraction of sp³-hybridized carbons (Fsp3) is 0.259. The molecule has 180 valence electrons. The van der Waals surface area contributed by atoms with Gasteiger partial charge in [-0.15, -0.1) is 0 Å². The van der Waals surface area contributed by atoms with E-state index in [-0.39, 0.29) is 12.4 Å². The maximum atomic E-state index is 15.2. The van der Waals surface area contributed by atoms with Gasteiger partial charge in [0.2, 0.25) is 0 Å². The Morgan fingerprint density at radius 1 is 1.00 bits per heavy atom. The van der Waals surface area contributed by atoms with Crippen molar-refractivity contribution >= 4 is 34.6 Å². The van der Waals surface area contributed by atoms with Crippen LogP contribution in [-0.4, -0.2) is 53.5 Å². The van der Waals surface area contributed by atoms with Gasteiger partial charge in [0.25, 0.3) is 0 Å². The molecule has 1 fully saturated rings. The number of rotatable bonds is 8. The Bertz CT molecular complexity index is 1300. The standard InChI is InChI=1S/C27H26ClFN4O2/c28-21-8-6-20(7-9-21)18-33-26-17-25(32-12-10-31(11-13-32)14-15-34)23(29)16-24(26)30-27(33)19-35-22-4-2-1-3-5-22/h1-9,15-17H,10-14,18-19H2. The number of imidazole rings is 1. The first-order chi connectivity index (χ1) is 17.1. The van der Waals surface area contributed by atoms with Gasteiger partial charge in [0, 0.05) is 43.8 Å². The molecule has 6 nitrogen and oxygen atoms in total. The second kappa shape index (κ2) is 10.5. The Hall–Kier alpha value is -3.42. The van der Waals surface area contributed by atoms with E-state index in [1.165, 1.54) is 6.07 Å². The lowest BCUT2D eigenvalue weighted by atomic mass is 10.2. The minimum absolute atomic E-state index is 0.258. The highest BCUT2D eigenvalue weighted by Gasteiger charge is 2.22. The molecule has 1 aromatic heterocycles. The molecule has 1 aliphatic heterocycles. The number of piperazine rings is 1. The van der Waals surface area contributed by atoms with Crippen molar-refractivity contribution in [3.05, 3.63) is 89.0 Å². The molecule has 2 heterocycles. The number of para-hydroxylation sites is 1. The summed E-state index contributed by atoms with van der Waals surface area (Å²) in [7, 11) is 0. The van der Waals surface area contributed by atoms with Crippen LogP contribution in [0.2, 0.25) is 5.02 Å². The predicted octanol–water partition coefficient (Wildman–Crippen LogP) is 4.78. The maximum Gasteiger partial charge on any atom is 0.148 e. The zero-order valence-electron chi connectivity index (χ0n) is 19.2. The van der Waals surface area contributed by atoms with Gasteiger partial charge in [-0.1, -0.05) is 41.9 Å². The summed E-state index contributed by atoms with van der Waals surface area (Å²) in [6.45, 7) is 3.98. The molecule has 0 amide bonds. The van der Waals surface area contributed by atoms with Gasteiger partial charge in [0.05, 0.1) is 23.3 Å². The van der Waals surface area contributed by atoms with Crippen LogP contribution < -0.4 is 9.64 Å². The molecule has 1 aliphatic rings. The highest BCUT2D eigenvalue weighted by atomic mass is 35.5. The van der Waals surface area contributed by atoms with E-state index in [0.29, 0.717) is 48.2 Å². The van der Waals surface area contributed by atoms with E-state index in [9.17, 15) is 4.79 Å². The zero-order chi connectivity index (χ0) is 24.2. The molecule has 5 rings (SSSR count). The van der Waals surface area contributed by atoms with Crippen LogP contribution in [0.15, 0.2) is 66.7 Å². The Balaban J connectivity index is 1.49. The second-order valence-electron chi connectivity index (χ2n) is 8.59. The van der Waals surface area contributed by atoms with Crippen molar-refractivity contribution in [3.8, 4) is 5.75 Å². The highest BCUT2D eigenvalue weighted by molar-refractivity contribution is 6.30. The van der Waals surface area contributed by atoms with Crippen LogP contribution in [0, 0.1) is 5.82 Å². The van der Waals surface area contributed by atoms with Crippen LogP contribution in [0.25, 0.3) is 11.0 Å². The Morgan fingerprint density at radius 2 is 1.74 bits per heavy atom.